The molecule has 0 atom stereocenters. The number of aldehydes is 1. The van der Waals surface area contributed by atoms with Crippen LogP contribution in [0.5, 0.6) is 0 Å². The third-order valence-corrected chi connectivity index (χ3v) is 1.58. The van der Waals surface area contributed by atoms with E-state index in [2.05, 4.69) is 11.7 Å². The van der Waals surface area contributed by atoms with Gasteiger partial charge in [0.05, 0.1) is 11.8 Å². The summed E-state index contributed by atoms with van der Waals surface area (Å²) in [6, 6.07) is 0. The lowest BCUT2D eigenvalue weighted by atomic mass is 10.3. The number of carbonyl (C=O) groups is 1. The molecule has 3 nitrogen and oxygen atoms in total. The van der Waals surface area contributed by atoms with Crippen LogP contribution in [-0.2, 0) is 6.54 Å². The molecular weight excluding hydrogens is 152 g/mol. The first-order valence-electron chi connectivity index (χ1n) is 3.95. The Kier molecular flexibility index (Phi) is 3.26. The van der Waals surface area contributed by atoms with Crippen LogP contribution in [0.3, 0.4) is 0 Å². The van der Waals surface area contributed by atoms with Crippen LogP contribution in [0.2, 0.25) is 0 Å². The summed E-state index contributed by atoms with van der Waals surface area (Å²) in [5.41, 5.74) is 0.633. The van der Waals surface area contributed by atoms with Gasteiger partial charge in [-0.1, -0.05) is 6.08 Å². The third kappa shape index (κ3) is 2.34. The first kappa shape index (κ1) is 8.71. The monoisotopic (exact) mass is 164 g/mol. The van der Waals surface area contributed by atoms with Crippen molar-refractivity contribution >= 4 is 6.29 Å². The lowest BCUT2D eigenvalue weighted by molar-refractivity contribution is 0.112. The molecule has 0 N–H and O–H groups in total. The molecule has 0 unspecified atom stereocenters. The van der Waals surface area contributed by atoms with Crippen molar-refractivity contribution in [3.05, 3.63) is 30.6 Å². The van der Waals surface area contributed by atoms with E-state index in [1.54, 1.807) is 17.1 Å². The molecule has 1 rings (SSSR count). The molecule has 3 heteroatoms. The summed E-state index contributed by atoms with van der Waals surface area (Å²) in [6.45, 7) is 4.47. The lowest BCUT2D eigenvalue weighted by Crippen LogP contribution is -1.97. The lowest BCUT2D eigenvalue weighted by Gasteiger charge is -1.96. The van der Waals surface area contributed by atoms with Crippen molar-refractivity contribution in [2.75, 3.05) is 0 Å². The summed E-state index contributed by atoms with van der Waals surface area (Å²) >= 11 is 0. The topological polar surface area (TPSA) is 34.9 Å². The zero-order chi connectivity index (χ0) is 8.81. The maximum absolute atomic E-state index is 10.3. The van der Waals surface area contributed by atoms with Gasteiger partial charge in [0.2, 0.25) is 0 Å². The smallest absolute Gasteiger partial charge is 0.153 e. The fraction of sp³-hybridized carbons (Fsp3) is 0.333. The number of unbranched alkanes of at least 4 members (excludes halogenated alkanes) is 1. The van der Waals surface area contributed by atoms with Gasteiger partial charge in [0.25, 0.3) is 0 Å². The quantitative estimate of drug-likeness (QED) is 0.377. The van der Waals surface area contributed by atoms with Crippen molar-refractivity contribution in [2.45, 2.75) is 19.4 Å². The normalized spacial score (nSPS) is 9.67. The molecule has 0 spiro atoms. The van der Waals surface area contributed by atoms with Crippen LogP contribution in [-0.4, -0.2) is 16.1 Å². The largest absolute Gasteiger partial charge is 0.298 e. The summed E-state index contributed by atoms with van der Waals surface area (Å²) in [6.07, 6.45) is 8.00. The predicted molar refractivity (Wildman–Crippen MR) is 47.0 cm³/mol. The number of rotatable bonds is 5. The number of aromatic nitrogens is 2. The maximum atomic E-state index is 10.3. The predicted octanol–water partition coefficient (Wildman–Crippen LogP) is 1.66. The Balaban J connectivity index is 2.41. The van der Waals surface area contributed by atoms with Crippen LogP contribution >= 0.6 is 0 Å². The molecule has 1 aromatic rings. The molecule has 0 amide bonds. The van der Waals surface area contributed by atoms with Crippen molar-refractivity contribution < 1.29 is 4.79 Å². The summed E-state index contributed by atoms with van der Waals surface area (Å²) in [7, 11) is 0. The highest BCUT2D eigenvalue weighted by molar-refractivity contribution is 5.73. The van der Waals surface area contributed by atoms with Crippen molar-refractivity contribution in [3.63, 3.8) is 0 Å². The standard InChI is InChI=1S/C9H12N2O/c1-2-3-4-5-11-7-9(8-12)6-10-11/h2,6-8H,1,3-5H2. The SMILES string of the molecule is C=CCCCn1cc(C=O)cn1. The van der Waals surface area contributed by atoms with Crippen LogP contribution < -0.4 is 0 Å². The molecular formula is C9H12N2O. The zero-order valence-electron chi connectivity index (χ0n) is 6.94. The van der Waals surface area contributed by atoms with E-state index < -0.39 is 0 Å². The van der Waals surface area contributed by atoms with E-state index in [9.17, 15) is 4.79 Å². The molecule has 0 radical (unpaired) electrons. The molecule has 0 bridgehead atoms. The van der Waals surface area contributed by atoms with Gasteiger partial charge in [-0.3, -0.25) is 9.48 Å². The molecule has 0 aliphatic rings. The van der Waals surface area contributed by atoms with Gasteiger partial charge in [0.15, 0.2) is 6.29 Å². The summed E-state index contributed by atoms with van der Waals surface area (Å²) in [5.74, 6) is 0. The second-order valence-electron chi connectivity index (χ2n) is 2.59. The Morgan fingerprint density at radius 2 is 2.50 bits per heavy atom. The highest BCUT2D eigenvalue weighted by Crippen LogP contribution is 1.97. The van der Waals surface area contributed by atoms with Crippen LogP contribution in [0.1, 0.15) is 23.2 Å². The van der Waals surface area contributed by atoms with Crippen molar-refractivity contribution in [1.29, 1.82) is 0 Å². The van der Waals surface area contributed by atoms with E-state index in [1.807, 2.05) is 6.08 Å². The van der Waals surface area contributed by atoms with Crippen LogP contribution in [0.25, 0.3) is 0 Å². The van der Waals surface area contributed by atoms with E-state index in [0.717, 1.165) is 25.7 Å². The molecule has 1 aromatic heterocycles. The number of carbonyl (C=O) groups excluding carboxylic acids is 1. The highest BCUT2D eigenvalue weighted by atomic mass is 16.1. The number of allylic oxidation sites excluding steroid dienone is 1. The molecule has 0 aliphatic heterocycles. The Hall–Kier alpha value is -1.38. The first-order valence-corrected chi connectivity index (χ1v) is 3.95. The van der Waals surface area contributed by atoms with Gasteiger partial charge in [-0.2, -0.15) is 5.10 Å². The van der Waals surface area contributed by atoms with Crippen molar-refractivity contribution in [3.8, 4) is 0 Å². The minimum Gasteiger partial charge on any atom is -0.298 e. The fourth-order valence-corrected chi connectivity index (χ4v) is 0.960. The Morgan fingerprint density at radius 3 is 3.08 bits per heavy atom. The van der Waals surface area contributed by atoms with Crippen LogP contribution in [0.4, 0.5) is 0 Å². The maximum Gasteiger partial charge on any atom is 0.153 e. The van der Waals surface area contributed by atoms with Gasteiger partial charge in [-0.15, -0.1) is 6.58 Å². The Labute approximate surface area is 71.7 Å². The molecule has 0 aliphatic carbocycles. The van der Waals surface area contributed by atoms with Gasteiger partial charge >= 0.3 is 0 Å². The Bertz CT molecular complexity index is 265. The van der Waals surface area contributed by atoms with E-state index in [-0.39, 0.29) is 0 Å². The molecule has 0 saturated heterocycles. The average molecular weight is 164 g/mol. The molecule has 0 aromatic carbocycles. The van der Waals surface area contributed by atoms with E-state index in [1.165, 1.54) is 0 Å². The van der Waals surface area contributed by atoms with Gasteiger partial charge in [0.1, 0.15) is 0 Å². The number of aryl methyl sites for hydroxylation is 1. The number of nitrogens with zero attached hydrogens (tertiary/aromatic N) is 2. The third-order valence-electron chi connectivity index (χ3n) is 1.58. The Morgan fingerprint density at radius 1 is 1.67 bits per heavy atom. The second kappa shape index (κ2) is 4.49. The average Bonchev–Trinajstić information content (AvgIpc) is 2.53. The molecule has 12 heavy (non-hydrogen) atoms. The summed E-state index contributed by atoms with van der Waals surface area (Å²) in [4.78, 5) is 10.3. The molecule has 0 fully saturated rings. The van der Waals surface area contributed by atoms with Crippen LogP contribution in [0, 0.1) is 0 Å². The summed E-state index contributed by atoms with van der Waals surface area (Å²) in [5, 5.41) is 4.01. The molecule has 64 valence electrons. The first-order chi connectivity index (χ1) is 5.86. The van der Waals surface area contributed by atoms with Gasteiger partial charge in [-0.05, 0) is 12.8 Å². The van der Waals surface area contributed by atoms with Crippen molar-refractivity contribution in [2.24, 2.45) is 0 Å². The number of hydrogen-bond donors (Lipinski definition) is 0. The minimum absolute atomic E-state index is 0.633. The highest BCUT2D eigenvalue weighted by Gasteiger charge is 1.94. The molecule has 0 saturated carbocycles. The van der Waals surface area contributed by atoms with Crippen LogP contribution in [0.15, 0.2) is 25.0 Å². The number of hydrogen-bond acceptors (Lipinski definition) is 2. The van der Waals surface area contributed by atoms with E-state index in [4.69, 9.17) is 0 Å². The van der Waals surface area contributed by atoms with Gasteiger partial charge < -0.3 is 0 Å². The van der Waals surface area contributed by atoms with Crippen molar-refractivity contribution in [1.82, 2.24) is 9.78 Å². The van der Waals surface area contributed by atoms with Gasteiger partial charge in [-0.25, -0.2) is 0 Å². The second-order valence-corrected chi connectivity index (χ2v) is 2.59. The summed E-state index contributed by atoms with van der Waals surface area (Å²) < 4.78 is 1.77. The van der Waals surface area contributed by atoms with Gasteiger partial charge in [0, 0.05) is 12.7 Å². The van der Waals surface area contributed by atoms with E-state index in [0.29, 0.717) is 5.56 Å². The zero-order valence-corrected chi connectivity index (χ0v) is 6.94. The van der Waals surface area contributed by atoms with E-state index >= 15 is 0 Å². The fourth-order valence-electron chi connectivity index (χ4n) is 0.960. The molecule has 1 heterocycles. The minimum atomic E-state index is 0.633.